The molecule has 0 radical (unpaired) electrons. The lowest BCUT2D eigenvalue weighted by molar-refractivity contribution is -0.385. The summed E-state index contributed by atoms with van der Waals surface area (Å²) in [6.07, 6.45) is 1.40. The molecule has 7 nitrogen and oxygen atoms in total. The highest BCUT2D eigenvalue weighted by Gasteiger charge is 2.21. The van der Waals surface area contributed by atoms with E-state index in [4.69, 9.17) is 11.6 Å². The Morgan fingerprint density at radius 1 is 1.68 bits per heavy atom. The lowest BCUT2D eigenvalue weighted by atomic mass is 10.2. The molecule has 104 valence electrons. The van der Waals surface area contributed by atoms with E-state index in [1.54, 1.807) is 0 Å². The van der Waals surface area contributed by atoms with Crippen LogP contribution in [-0.2, 0) is 0 Å². The maximum absolute atomic E-state index is 11.8. The van der Waals surface area contributed by atoms with E-state index in [1.165, 1.54) is 0 Å². The van der Waals surface area contributed by atoms with Crippen LogP contribution in [0.15, 0.2) is 12.3 Å². The number of hydrogen-bond donors (Lipinski definition) is 2. The van der Waals surface area contributed by atoms with Crippen molar-refractivity contribution in [1.29, 1.82) is 0 Å². The van der Waals surface area contributed by atoms with Gasteiger partial charge < -0.3 is 10.4 Å². The summed E-state index contributed by atoms with van der Waals surface area (Å²) >= 11 is 5.62. The number of nitrogens with one attached hydrogen (secondary N) is 1. The van der Waals surface area contributed by atoms with Gasteiger partial charge >= 0.3 is 0 Å². The van der Waals surface area contributed by atoms with E-state index >= 15 is 0 Å². The van der Waals surface area contributed by atoms with Gasteiger partial charge in [-0.3, -0.25) is 14.9 Å². The normalized spacial score (nSPS) is 11.9. The summed E-state index contributed by atoms with van der Waals surface area (Å²) in [5.41, 5.74) is -0.547. The van der Waals surface area contributed by atoms with Gasteiger partial charge in [-0.2, -0.15) is 0 Å². The van der Waals surface area contributed by atoms with Gasteiger partial charge in [0.15, 0.2) is 0 Å². The van der Waals surface area contributed by atoms with Crippen LogP contribution in [0.1, 0.15) is 30.1 Å². The maximum atomic E-state index is 11.8. The van der Waals surface area contributed by atoms with Crippen LogP contribution in [0.3, 0.4) is 0 Å². The molecule has 2 N–H and O–H groups in total. The number of carbonyl (C=O) groups excluding carboxylic acids is 1. The minimum absolute atomic E-state index is 0.00402. The molecule has 1 aromatic heterocycles. The molecule has 1 atom stereocenters. The number of amides is 1. The number of nitro groups is 1. The summed E-state index contributed by atoms with van der Waals surface area (Å²) in [5, 5.41) is 22.6. The summed E-state index contributed by atoms with van der Waals surface area (Å²) in [6, 6.07) is 1.14. The standard InChI is InChI=1S/C11H14ClN3O4/c1-2-7(16)3-4-13-11(17)8-5-10(12)14-6-9(8)15(18)19/h5-7,16H,2-4H2,1H3,(H,13,17). The fourth-order valence-electron chi connectivity index (χ4n) is 1.40. The summed E-state index contributed by atoms with van der Waals surface area (Å²) < 4.78 is 0. The molecule has 19 heavy (non-hydrogen) atoms. The first-order chi connectivity index (χ1) is 8.95. The van der Waals surface area contributed by atoms with Crippen LogP contribution in [0.2, 0.25) is 5.15 Å². The van der Waals surface area contributed by atoms with Crippen molar-refractivity contribution in [2.75, 3.05) is 6.54 Å². The van der Waals surface area contributed by atoms with Gasteiger partial charge in [0, 0.05) is 6.54 Å². The SMILES string of the molecule is CCC(O)CCNC(=O)c1cc(Cl)ncc1[N+](=O)[O-]. The van der Waals surface area contributed by atoms with E-state index in [0.29, 0.717) is 12.8 Å². The van der Waals surface area contributed by atoms with Gasteiger partial charge in [-0.05, 0) is 18.9 Å². The predicted molar refractivity (Wildman–Crippen MR) is 69.1 cm³/mol. The fraction of sp³-hybridized carbons (Fsp3) is 0.455. The number of pyridine rings is 1. The smallest absolute Gasteiger partial charge is 0.300 e. The monoisotopic (exact) mass is 287 g/mol. The third-order valence-electron chi connectivity index (χ3n) is 2.53. The van der Waals surface area contributed by atoms with Crippen molar-refractivity contribution in [2.45, 2.75) is 25.9 Å². The number of aliphatic hydroxyl groups excluding tert-OH is 1. The molecule has 0 fully saturated rings. The first kappa shape index (κ1) is 15.3. The van der Waals surface area contributed by atoms with E-state index in [2.05, 4.69) is 10.3 Å². The van der Waals surface area contributed by atoms with Gasteiger partial charge in [0.25, 0.3) is 11.6 Å². The molecule has 1 rings (SSSR count). The molecule has 0 aromatic carbocycles. The number of aliphatic hydroxyl groups is 1. The first-order valence-electron chi connectivity index (χ1n) is 5.72. The van der Waals surface area contributed by atoms with Crippen molar-refractivity contribution in [3.05, 3.63) is 33.1 Å². The van der Waals surface area contributed by atoms with Crippen LogP contribution < -0.4 is 5.32 Å². The highest BCUT2D eigenvalue weighted by Crippen LogP contribution is 2.20. The van der Waals surface area contributed by atoms with Crippen molar-refractivity contribution in [2.24, 2.45) is 0 Å². The summed E-state index contributed by atoms with van der Waals surface area (Å²) in [4.78, 5) is 25.5. The molecule has 0 aliphatic heterocycles. The summed E-state index contributed by atoms with van der Waals surface area (Å²) in [7, 11) is 0. The Hall–Kier alpha value is -1.73. The molecule has 8 heteroatoms. The molecule has 1 heterocycles. The van der Waals surface area contributed by atoms with Gasteiger partial charge in [0.1, 0.15) is 16.9 Å². The second-order valence-corrected chi connectivity index (χ2v) is 4.28. The van der Waals surface area contributed by atoms with E-state index in [0.717, 1.165) is 12.3 Å². The molecular weight excluding hydrogens is 274 g/mol. The second kappa shape index (κ2) is 7.01. The van der Waals surface area contributed by atoms with E-state index in [1.807, 2.05) is 6.92 Å². The topological polar surface area (TPSA) is 105 Å². The van der Waals surface area contributed by atoms with Crippen molar-refractivity contribution in [3.8, 4) is 0 Å². The summed E-state index contributed by atoms with van der Waals surface area (Å²) in [5.74, 6) is -0.612. The zero-order chi connectivity index (χ0) is 14.4. The first-order valence-corrected chi connectivity index (χ1v) is 6.09. The highest BCUT2D eigenvalue weighted by molar-refractivity contribution is 6.29. The van der Waals surface area contributed by atoms with Crippen LogP contribution in [0.25, 0.3) is 0 Å². The van der Waals surface area contributed by atoms with Gasteiger partial charge in [0.2, 0.25) is 0 Å². The Morgan fingerprint density at radius 3 is 2.95 bits per heavy atom. The van der Waals surface area contributed by atoms with Crippen LogP contribution in [-0.4, -0.2) is 33.6 Å². The molecule has 0 saturated carbocycles. The second-order valence-electron chi connectivity index (χ2n) is 3.89. The average molecular weight is 288 g/mol. The fourth-order valence-corrected chi connectivity index (χ4v) is 1.56. The van der Waals surface area contributed by atoms with Crippen molar-refractivity contribution in [1.82, 2.24) is 10.3 Å². The van der Waals surface area contributed by atoms with Gasteiger partial charge in [-0.1, -0.05) is 18.5 Å². The predicted octanol–water partition coefficient (Wildman–Crippen LogP) is 1.53. The van der Waals surface area contributed by atoms with E-state index < -0.39 is 22.6 Å². The molecular formula is C11H14ClN3O4. The molecule has 0 spiro atoms. The number of carbonyl (C=O) groups is 1. The quantitative estimate of drug-likeness (QED) is 0.469. The molecule has 1 aromatic rings. The van der Waals surface area contributed by atoms with Gasteiger partial charge in [-0.25, -0.2) is 4.98 Å². The van der Waals surface area contributed by atoms with E-state index in [-0.39, 0.29) is 17.3 Å². The number of rotatable bonds is 6. The number of halogens is 1. The molecule has 0 aliphatic carbocycles. The Bertz CT molecular complexity index is 481. The largest absolute Gasteiger partial charge is 0.393 e. The zero-order valence-electron chi connectivity index (χ0n) is 10.3. The Kier molecular flexibility index (Phi) is 5.65. The lowest BCUT2D eigenvalue weighted by Gasteiger charge is -2.09. The van der Waals surface area contributed by atoms with Crippen LogP contribution >= 0.6 is 11.6 Å². The van der Waals surface area contributed by atoms with Crippen molar-refractivity contribution >= 4 is 23.2 Å². The van der Waals surface area contributed by atoms with Crippen LogP contribution in [0.4, 0.5) is 5.69 Å². The van der Waals surface area contributed by atoms with E-state index in [9.17, 15) is 20.0 Å². The van der Waals surface area contributed by atoms with Gasteiger partial charge in [-0.15, -0.1) is 0 Å². The Labute approximate surface area is 114 Å². The number of nitrogens with zero attached hydrogens (tertiary/aromatic N) is 2. The van der Waals surface area contributed by atoms with Crippen LogP contribution in [0, 0.1) is 10.1 Å². The molecule has 1 unspecified atom stereocenters. The lowest BCUT2D eigenvalue weighted by Crippen LogP contribution is -2.27. The third-order valence-corrected chi connectivity index (χ3v) is 2.73. The maximum Gasteiger partial charge on any atom is 0.300 e. The molecule has 0 saturated heterocycles. The zero-order valence-corrected chi connectivity index (χ0v) is 11.1. The minimum Gasteiger partial charge on any atom is -0.393 e. The summed E-state index contributed by atoms with van der Waals surface area (Å²) in [6.45, 7) is 2.05. The van der Waals surface area contributed by atoms with Crippen molar-refractivity contribution < 1.29 is 14.8 Å². The number of aromatic nitrogens is 1. The molecule has 1 amide bonds. The number of hydrogen-bond acceptors (Lipinski definition) is 5. The third kappa shape index (κ3) is 4.46. The molecule has 0 aliphatic rings. The average Bonchev–Trinajstić information content (AvgIpc) is 2.37. The molecule has 0 bridgehead atoms. The highest BCUT2D eigenvalue weighted by atomic mass is 35.5. The Morgan fingerprint density at radius 2 is 2.37 bits per heavy atom. The van der Waals surface area contributed by atoms with Crippen LogP contribution in [0.5, 0.6) is 0 Å². The Balaban J connectivity index is 2.76. The van der Waals surface area contributed by atoms with Crippen molar-refractivity contribution in [3.63, 3.8) is 0 Å². The van der Waals surface area contributed by atoms with Gasteiger partial charge in [0.05, 0.1) is 11.0 Å². The minimum atomic E-state index is -0.695.